The minimum atomic E-state index is -0.600. The van der Waals surface area contributed by atoms with Crippen LogP contribution in [0.2, 0.25) is 0 Å². The number of rotatable bonds is 4. The van der Waals surface area contributed by atoms with E-state index in [0.717, 1.165) is 10.2 Å². The third-order valence-electron chi connectivity index (χ3n) is 3.75. The third kappa shape index (κ3) is 3.46. The van der Waals surface area contributed by atoms with Gasteiger partial charge in [0.25, 0.3) is 11.8 Å². The summed E-state index contributed by atoms with van der Waals surface area (Å²) < 4.78 is 2.60. The summed E-state index contributed by atoms with van der Waals surface area (Å²) in [5.74, 6) is -0.954. The van der Waals surface area contributed by atoms with Crippen LogP contribution in [0.25, 0.3) is 5.69 Å². The van der Waals surface area contributed by atoms with Crippen molar-refractivity contribution in [2.45, 2.75) is 6.92 Å². The van der Waals surface area contributed by atoms with Crippen molar-refractivity contribution in [1.29, 1.82) is 0 Å². The molecule has 0 aliphatic heterocycles. The number of benzene rings is 2. The van der Waals surface area contributed by atoms with Gasteiger partial charge in [-0.25, -0.2) is 4.68 Å². The number of amides is 2. The van der Waals surface area contributed by atoms with Crippen LogP contribution in [0.15, 0.2) is 59.2 Å². The van der Waals surface area contributed by atoms with E-state index in [4.69, 9.17) is 5.73 Å². The summed E-state index contributed by atoms with van der Waals surface area (Å²) in [5, 5.41) is 7.01. The summed E-state index contributed by atoms with van der Waals surface area (Å²) in [6.45, 7) is 1.81. The maximum atomic E-state index is 12.6. The highest BCUT2D eigenvalue weighted by molar-refractivity contribution is 9.10. The van der Waals surface area contributed by atoms with Crippen molar-refractivity contribution in [3.63, 3.8) is 0 Å². The molecule has 6 nitrogen and oxygen atoms in total. The SMILES string of the molecule is Cc1c(C(=O)Nc2ccccc2C(N)=O)cnn1-c1cccc(Br)c1. The molecule has 0 saturated heterocycles. The zero-order chi connectivity index (χ0) is 18.0. The van der Waals surface area contributed by atoms with E-state index in [9.17, 15) is 9.59 Å². The molecule has 0 atom stereocenters. The van der Waals surface area contributed by atoms with E-state index >= 15 is 0 Å². The van der Waals surface area contributed by atoms with Crippen molar-refractivity contribution in [3.05, 3.63) is 76.0 Å². The molecular weight excluding hydrogens is 384 g/mol. The topological polar surface area (TPSA) is 90.0 Å². The van der Waals surface area contributed by atoms with E-state index in [1.807, 2.05) is 31.2 Å². The molecule has 2 amide bonds. The Balaban J connectivity index is 1.91. The number of aromatic nitrogens is 2. The Kier molecular flexibility index (Phi) is 4.67. The first-order chi connectivity index (χ1) is 12.0. The maximum Gasteiger partial charge on any atom is 0.259 e. The lowest BCUT2D eigenvalue weighted by Gasteiger charge is -2.09. The number of carbonyl (C=O) groups is 2. The second-order valence-electron chi connectivity index (χ2n) is 5.40. The smallest absolute Gasteiger partial charge is 0.259 e. The molecule has 3 N–H and O–H groups in total. The predicted octanol–water partition coefficient (Wildman–Crippen LogP) is 3.29. The highest BCUT2D eigenvalue weighted by atomic mass is 79.9. The van der Waals surface area contributed by atoms with Crippen LogP contribution in [0.5, 0.6) is 0 Å². The second-order valence-corrected chi connectivity index (χ2v) is 6.31. The van der Waals surface area contributed by atoms with Crippen LogP contribution < -0.4 is 11.1 Å². The molecule has 126 valence electrons. The minimum Gasteiger partial charge on any atom is -0.366 e. The van der Waals surface area contributed by atoms with E-state index in [1.54, 1.807) is 28.9 Å². The Hall–Kier alpha value is -2.93. The summed E-state index contributed by atoms with van der Waals surface area (Å²) in [7, 11) is 0. The number of halogens is 1. The van der Waals surface area contributed by atoms with E-state index in [2.05, 4.69) is 26.3 Å². The third-order valence-corrected chi connectivity index (χ3v) is 4.24. The van der Waals surface area contributed by atoms with E-state index in [-0.39, 0.29) is 11.5 Å². The number of anilines is 1. The molecule has 3 rings (SSSR count). The van der Waals surface area contributed by atoms with Crippen LogP contribution in [0.1, 0.15) is 26.4 Å². The van der Waals surface area contributed by atoms with Gasteiger partial charge in [0.05, 0.1) is 34.4 Å². The molecule has 3 aromatic rings. The van der Waals surface area contributed by atoms with Gasteiger partial charge in [-0.2, -0.15) is 5.10 Å². The predicted molar refractivity (Wildman–Crippen MR) is 98.9 cm³/mol. The summed E-state index contributed by atoms with van der Waals surface area (Å²) in [4.78, 5) is 24.1. The molecule has 0 radical (unpaired) electrons. The van der Waals surface area contributed by atoms with Crippen LogP contribution in [0.3, 0.4) is 0 Å². The Bertz CT molecular complexity index is 965. The van der Waals surface area contributed by atoms with Gasteiger partial charge in [0.15, 0.2) is 0 Å². The lowest BCUT2D eigenvalue weighted by Crippen LogP contribution is -2.18. The van der Waals surface area contributed by atoms with Crippen LogP contribution in [-0.4, -0.2) is 21.6 Å². The molecule has 7 heteroatoms. The number of para-hydroxylation sites is 1. The number of carbonyl (C=O) groups excluding carboxylic acids is 2. The van der Waals surface area contributed by atoms with Gasteiger partial charge < -0.3 is 11.1 Å². The van der Waals surface area contributed by atoms with Gasteiger partial charge in [-0.05, 0) is 37.3 Å². The minimum absolute atomic E-state index is 0.257. The van der Waals surface area contributed by atoms with Gasteiger partial charge in [-0.1, -0.05) is 34.1 Å². The van der Waals surface area contributed by atoms with Crippen LogP contribution in [0.4, 0.5) is 5.69 Å². The van der Waals surface area contributed by atoms with Gasteiger partial charge in [-0.15, -0.1) is 0 Å². The normalized spacial score (nSPS) is 10.5. The Labute approximate surface area is 152 Å². The fraction of sp³-hybridized carbons (Fsp3) is 0.0556. The molecule has 0 fully saturated rings. The molecule has 0 saturated carbocycles. The molecule has 0 spiro atoms. The first-order valence-electron chi connectivity index (χ1n) is 7.48. The van der Waals surface area contributed by atoms with Crippen molar-refractivity contribution in [3.8, 4) is 5.69 Å². The Morgan fingerprint density at radius 1 is 1.12 bits per heavy atom. The molecule has 0 aliphatic rings. The highest BCUT2D eigenvalue weighted by Gasteiger charge is 2.17. The molecule has 1 heterocycles. The number of nitrogens with one attached hydrogen (secondary N) is 1. The van der Waals surface area contributed by atoms with Gasteiger partial charge in [0.2, 0.25) is 0 Å². The van der Waals surface area contributed by atoms with E-state index in [1.165, 1.54) is 6.20 Å². The molecular formula is C18H15BrN4O2. The number of hydrogen-bond donors (Lipinski definition) is 2. The highest BCUT2D eigenvalue weighted by Crippen LogP contribution is 2.20. The first kappa shape index (κ1) is 16.9. The van der Waals surface area contributed by atoms with Crippen LogP contribution in [0, 0.1) is 6.92 Å². The van der Waals surface area contributed by atoms with Gasteiger partial charge >= 0.3 is 0 Å². The number of primary amides is 1. The van der Waals surface area contributed by atoms with Crippen molar-refractivity contribution < 1.29 is 9.59 Å². The summed E-state index contributed by atoms with van der Waals surface area (Å²) in [6, 6.07) is 14.2. The van der Waals surface area contributed by atoms with E-state index in [0.29, 0.717) is 16.9 Å². The lowest BCUT2D eigenvalue weighted by molar-refractivity contribution is 0.100. The molecule has 0 aliphatic carbocycles. The molecule has 2 aromatic carbocycles. The number of nitrogens with zero attached hydrogens (tertiary/aromatic N) is 2. The fourth-order valence-electron chi connectivity index (χ4n) is 2.50. The summed E-state index contributed by atoms with van der Waals surface area (Å²) in [6.07, 6.45) is 1.50. The van der Waals surface area contributed by atoms with Gasteiger partial charge in [0, 0.05) is 4.47 Å². The molecule has 25 heavy (non-hydrogen) atoms. The summed E-state index contributed by atoms with van der Waals surface area (Å²) >= 11 is 3.42. The van der Waals surface area contributed by atoms with Crippen LogP contribution >= 0.6 is 15.9 Å². The van der Waals surface area contributed by atoms with Gasteiger partial charge in [-0.3, -0.25) is 9.59 Å². The molecule has 1 aromatic heterocycles. The molecule has 0 bridgehead atoms. The van der Waals surface area contributed by atoms with Crippen molar-refractivity contribution >= 4 is 33.4 Å². The monoisotopic (exact) mass is 398 g/mol. The molecule has 0 unspecified atom stereocenters. The lowest BCUT2D eigenvalue weighted by atomic mass is 10.1. The Morgan fingerprint density at radius 2 is 1.88 bits per heavy atom. The largest absolute Gasteiger partial charge is 0.366 e. The maximum absolute atomic E-state index is 12.6. The first-order valence-corrected chi connectivity index (χ1v) is 8.27. The van der Waals surface area contributed by atoms with E-state index < -0.39 is 5.91 Å². The average Bonchev–Trinajstić information content (AvgIpc) is 2.97. The number of hydrogen-bond acceptors (Lipinski definition) is 3. The average molecular weight is 399 g/mol. The second kappa shape index (κ2) is 6.90. The zero-order valence-corrected chi connectivity index (χ0v) is 14.9. The standard InChI is InChI=1S/C18H15BrN4O2/c1-11-15(10-21-23(11)13-6-4-5-12(19)9-13)18(25)22-16-8-3-2-7-14(16)17(20)24/h2-10H,1H3,(H2,20,24)(H,22,25). The van der Waals surface area contributed by atoms with Crippen LogP contribution in [-0.2, 0) is 0 Å². The number of nitrogens with two attached hydrogens (primary N) is 1. The zero-order valence-electron chi connectivity index (χ0n) is 13.4. The van der Waals surface area contributed by atoms with Gasteiger partial charge in [0.1, 0.15) is 0 Å². The van der Waals surface area contributed by atoms with Crippen molar-refractivity contribution in [2.75, 3.05) is 5.32 Å². The Morgan fingerprint density at radius 3 is 2.60 bits per heavy atom. The van der Waals surface area contributed by atoms with Crippen molar-refractivity contribution in [2.24, 2.45) is 5.73 Å². The van der Waals surface area contributed by atoms with Crippen molar-refractivity contribution in [1.82, 2.24) is 9.78 Å². The fourth-order valence-corrected chi connectivity index (χ4v) is 2.88. The quantitative estimate of drug-likeness (QED) is 0.706. The summed E-state index contributed by atoms with van der Waals surface area (Å²) in [5.41, 5.74) is 7.91.